The van der Waals surface area contributed by atoms with E-state index in [9.17, 15) is 13.6 Å². The molecule has 1 aliphatic rings. The Morgan fingerprint density at radius 3 is 2.88 bits per heavy atom. The molecule has 1 unspecified atom stereocenters. The van der Waals surface area contributed by atoms with Crippen molar-refractivity contribution in [2.24, 2.45) is 5.92 Å². The topological polar surface area (TPSA) is 66.8 Å². The van der Waals surface area contributed by atoms with Gasteiger partial charge in [-0.1, -0.05) is 18.2 Å². The van der Waals surface area contributed by atoms with Crippen LogP contribution in [0.1, 0.15) is 25.3 Å². The molecule has 1 N–H and O–H groups in total. The van der Waals surface area contributed by atoms with Crippen LogP contribution in [0.3, 0.4) is 0 Å². The number of amides is 1. The van der Waals surface area contributed by atoms with E-state index >= 15 is 0 Å². The maximum Gasteiger partial charge on any atom is 0.223 e. The van der Waals surface area contributed by atoms with E-state index in [-0.39, 0.29) is 36.3 Å². The standard InChI is InChI=1S/C25H25F2N5O/c1-16-9-17(14-31(16)24(33)8-6-18-3-2-4-22(26)25(18)27)15-32-23-7-5-19(10-20(23)13-30-32)21-11-28-29-12-21/h2-5,7,10-13,16-17H,6,8-9,14-15H2,1H3,(H,28,29)/t16-,17?/m0/s1. The first-order chi connectivity index (χ1) is 16.0. The van der Waals surface area contributed by atoms with Crippen LogP contribution in [0.15, 0.2) is 55.0 Å². The first-order valence-corrected chi connectivity index (χ1v) is 11.2. The number of halogens is 2. The molecular weight excluding hydrogens is 424 g/mol. The number of aromatic nitrogens is 4. The van der Waals surface area contributed by atoms with Gasteiger partial charge in [0.25, 0.3) is 0 Å². The van der Waals surface area contributed by atoms with Crippen molar-refractivity contribution in [3.8, 4) is 11.1 Å². The van der Waals surface area contributed by atoms with Crippen molar-refractivity contribution in [3.63, 3.8) is 0 Å². The number of aryl methyl sites for hydroxylation is 1. The van der Waals surface area contributed by atoms with Crippen LogP contribution in [0.5, 0.6) is 0 Å². The molecule has 2 aromatic heterocycles. The maximum atomic E-state index is 13.9. The monoisotopic (exact) mass is 449 g/mol. The lowest BCUT2D eigenvalue weighted by Crippen LogP contribution is -2.34. The molecule has 5 rings (SSSR count). The zero-order valence-electron chi connectivity index (χ0n) is 18.3. The summed E-state index contributed by atoms with van der Waals surface area (Å²) in [4.78, 5) is 14.7. The Morgan fingerprint density at radius 2 is 2.06 bits per heavy atom. The summed E-state index contributed by atoms with van der Waals surface area (Å²) in [5, 5.41) is 12.5. The van der Waals surface area contributed by atoms with Gasteiger partial charge in [-0.15, -0.1) is 0 Å². The fraction of sp³-hybridized carbons (Fsp3) is 0.320. The van der Waals surface area contributed by atoms with Gasteiger partial charge in [-0.3, -0.25) is 14.6 Å². The van der Waals surface area contributed by atoms with Crippen molar-refractivity contribution in [2.75, 3.05) is 6.54 Å². The molecule has 6 nitrogen and oxygen atoms in total. The van der Waals surface area contributed by atoms with E-state index in [1.807, 2.05) is 28.9 Å². The molecule has 4 aromatic rings. The van der Waals surface area contributed by atoms with E-state index in [2.05, 4.69) is 33.5 Å². The summed E-state index contributed by atoms with van der Waals surface area (Å²) in [5.74, 6) is -1.48. The fourth-order valence-electron chi connectivity index (χ4n) is 4.81. The summed E-state index contributed by atoms with van der Waals surface area (Å²) >= 11 is 0. The molecule has 1 saturated heterocycles. The van der Waals surface area contributed by atoms with Gasteiger partial charge in [0.1, 0.15) is 0 Å². The molecule has 3 heterocycles. The van der Waals surface area contributed by atoms with Crippen molar-refractivity contribution in [2.45, 2.75) is 38.8 Å². The van der Waals surface area contributed by atoms with Gasteiger partial charge in [-0.25, -0.2) is 8.78 Å². The smallest absolute Gasteiger partial charge is 0.223 e. The van der Waals surface area contributed by atoms with Crippen molar-refractivity contribution in [3.05, 3.63) is 72.2 Å². The zero-order chi connectivity index (χ0) is 22.9. The van der Waals surface area contributed by atoms with Gasteiger partial charge < -0.3 is 4.90 Å². The SMILES string of the molecule is C[C@H]1CC(Cn2ncc3cc(-c4cn[nH]c4)ccc32)CN1C(=O)CCc1cccc(F)c1F. The van der Waals surface area contributed by atoms with Gasteiger partial charge >= 0.3 is 0 Å². The number of hydrogen-bond acceptors (Lipinski definition) is 3. The predicted molar refractivity (Wildman–Crippen MR) is 121 cm³/mol. The minimum absolute atomic E-state index is 0.0243. The van der Waals surface area contributed by atoms with Crippen LogP contribution in [-0.2, 0) is 17.8 Å². The summed E-state index contributed by atoms with van der Waals surface area (Å²) in [5.41, 5.74) is 3.41. The Labute approximate surface area is 190 Å². The number of carbonyl (C=O) groups excluding carboxylic acids is 1. The Balaban J connectivity index is 1.23. The van der Waals surface area contributed by atoms with E-state index in [1.165, 1.54) is 12.1 Å². The van der Waals surface area contributed by atoms with Crippen LogP contribution in [0.2, 0.25) is 0 Å². The average molecular weight is 450 g/mol. The minimum atomic E-state index is -0.877. The molecule has 1 amide bonds. The number of nitrogens with one attached hydrogen (secondary N) is 1. The van der Waals surface area contributed by atoms with E-state index in [1.54, 1.807) is 6.20 Å². The summed E-state index contributed by atoms with van der Waals surface area (Å²) in [7, 11) is 0. The van der Waals surface area contributed by atoms with Gasteiger partial charge in [0, 0.05) is 42.7 Å². The second kappa shape index (κ2) is 8.77. The second-order valence-electron chi connectivity index (χ2n) is 8.80. The molecule has 170 valence electrons. The molecule has 0 aliphatic carbocycles. The van der Waals surface area contributed by atoms with Crippen LogP contribution in [0, 0.1) is 17.6 Å². The molecule has 0 saturated carbocycles. The van der Waals surface area contributed by atoms with Crippen LogP contribution in [0.4, 0.5) is 8.78 Å². The molecule has 0 bridgehead atoms. The summed E-state index contributed by atoms with van der Waals surface area (Å²) in [6.45, 7) is 3.40. The third-order valence-corrected chi connectivity index (χ3v) is 6.53. The highest BCUT2D eigenvalue weighted by Gasteiger charge is 2.32. The molecule has 0 spiro atoms. The molecule has 1 aliphatic heterocycles. The van der Waals surface area contributed by atoms with Crippen LogP contribution >= 0.6 is 0 Å². The van der Waals surface area contributed by atoms with E-state index in [0.717, 1.165) is 41.1 Å². The van der Waals surface area contributed by atoms with Crippen LogP contribution < -0.4 is 0 Å². The average Bonchev–Trinajstić information content (AvgIpc) is 3.55. The lowest BCUT2D eigenvalue weighted by molar-refractivity contribution is -0.131. The number of benzene rings is 2. The molecule has 8 heteroatoms. The van der Waals surface area contributed by atoms with Gasteiger partial charge in [0.05, 0.1) is 17.9 Å². The Morgan fingerprint density at radius 1 is 1.18 bits per heavy atom. The third kappa shape index (κ3) is 4.25. The minimum Gasteiger partial charge on any atom is -0.340 e. The molecular formula is C25H25F2N5O. The number of hydrogen-bond donors (Lipinski definition) is 1. The van der Waals surface area contributed by atoms with Gasteiger partial charge in [-0.2, -0.15) is 10.2 Å². The number of nitrogens with zero attached hydrogens (tertiary/aromatic N) is 4. The van der Waals surface area contributed by atoms with E-state index in [0.29, 0.717) is 6.54 Å². The third-order valence-electron chi connectivity index (χ3n) is 6.53. The first kappa shape index (κ1) is 21.3. The highest BCUT2D eigenvalue weighted by molar-refractivity contribution is 5.84. The summed E-state index contributed by atoms with van der Waals surface area (Å²) in [6, 6.07) is 10.4. The lowest BCUT2D eigenvalue weighted by Gasteiger charge is -2.21. The number of rotatable bonds is 6. The summed E-state index contributed by atoms with van der Waals surface area (Å²) < 4.78 is 29.3. The lowest BCUT2D eigenvalue weighted by atomic mass is 10.1. The van der Waals surface area contributed by atoms with E-state index in [4.69, 9.17) is 0 Å². The van der Waals surface area contributed by atoms with Crippen LogP contribution in [-0.4, -0.2) is 43.4 Å². The quantitative estimate of drug-likeness (QED) is 0.469. The number of H-pyrrole nitrogens is 1. The molecule has 33 heavy (non-hydrogen) atoms. The predicted octanol–water partition coefficient (Wildman–Crippen LogP) is 4.57. The largest absolute Gasteiger partial charge is 0.340 e. The van der Waals surface area contributed by atoms with Crippen molar-refractivity contribution < 1.29 is 13.6 Å². The number of aromatic amines is 1. The highest BCUT2D eigenvalue weighted by atomic mass is 19.2. The second-order valence-corrected chi connectivity index (χ2v) is 8.80. The van der Waals surface area contributed by atoms with Crippen molar-refractivity contribution in [1.29, 1.82) is 0 Å². The Kier molecular flexibility index (Phi) is 5.66. The number of likely N-dealkylation sites (tertiary alicyclic amines) is 1. The van der Waals surface area contributed by atoms with Gasteiger partial charge in [0.2, 0.25) is 5.91 Å². The normalized spacial score (nSPS) is 18.3. The summed E-state index contributed by atoms with van der Waals surface area (Å²) in [6.07, 6.45) is 6.76. The molecule has 0 radical (unpaired) electrons. The highest BCUT2D eigenvalue weighted by Crippen LogP contribution is 2.28. The Hall–Kier alpha value is -3.55. The van der Waals surface area contributed by atoms with Crippen molar-refractivity contribution in [1.82, 2.24) is 24.9 Å². The molecule has 1 fully saturated rings. The molecule has 2 atom stereocenters. The molecule has 2 aromatic carbocycles. The number of carbonyl (C=O) groups is 1. The van der Waals surface area contributed by atoms with Gasteiger partial charge in [0.15, 0.2) is 11.6 Å². The first-order valence-electron chi connectivity index (χ1n) is 11.2. The van der Waals surface area contributed by atoms with Crippen LogP contribution in [0.25, 0.3) is 22.0 Å². The van der Waals surface area contributed by atoms with Crippen molar-refractivity contribution >= 4 is 16.8 Å². The van der Waals surface area contributed by atoms with Gasteiger partial charge in [-0.05, 0) is 55.0 Å². The zero-order valence-corrected chi connectivity index (χ0v) is 18.3. The number of fused-ring (bicyclic) bond motifs is 1. The van der Waals surface area contributed by atoms with E-state index < -0.39 is 11.6 Å². The maximum absolute atomic E-state index is 13.9. The fourth-order valence-corrected chi connectivity index (χ4v) is 4.81. The Bertz CT molecular complexity index is 1280.